The predicted molar refractivity (Wildman–Crippen MR) is 64.4 cm³/mol. The Hall–Kier alpha value is -1.88. The summed E-state index contributed by atoms with van der Waals surface area (Å²) in [4.78, 5) is 15.0. The van der Waals surface area contributed by atoms with E-state index in [1.165, 1.54) is 12.3 Å². The van der Waals surface area contributed by atoms with E-state index in [-0.39, 0.29) is 18.8 Å². The maximum atomic E-state index is 11.5. The molecule has 0 spiro atoms. The zero-order chi connectivity index (χ0) is 13.7. The Bertz CT molecular complexity index is 471. The van der Waals surface area contributed by atoms with Gasteiger partial charge in [-0.3, -0.25) is 4.57 Å². The van der Waals surface area contributed by atoms with Gasteiger partial charge in [-0.05, 0) is 6.07 Å². The Kier molecular flexibility index (Phi) is 4.85. The topological polar surface area (TPSA) is 111 Å². The van der Waals surface area contributed by atoms with Gasteiger partial charge in [0.2, 0.25) is 0 Å². The minimum absolute atomic E-state index is 0.118. The highest BCUT2D eigenvalue weighted by molar-refractivity contribution is 5.23. The van der Waals surface area contributed by atoms with E-state index in [2.05, 4.69) is 17.8 Å². The van der Waals surface area contributed by atoms with Crippen LogP contribution < -0.4 is 11.4 Å². The van der Waals surface area contributed by atoms with Crippen LogP contribution in [0.15, 0.2) is 17.1 Å². The van der Waals surface area contributed by atoms with Gasteiger partial charge in [0, 0.05) is 12.6 Å². The van der Waals surface area contributed by atoms with Gasteiger partial charge in [0.1, 0.15) is 11.9 Å². The molecule has 7 heteroatoms. The van der Waals surface area contributed by atoms with Crippen molar-refractivity contribution in [2.45, 2.75) is 24.9 Å². The van der Waals surface area contributed by atoms with E-state index in [1.807, 2.05) is 0 Å². The van der Waals surface area contributed by atoms with Gasteiger partial charge in [-0.1, -0.05) is 0 Å². The average molecular weight is 253 g/mol. The number of ether oxygens (including phenoxy) is 1. The number of nitrogens with zero attached hydrogens (tertiary/aromatic N) is 2. The first kappa shape index (κ1) is 14.2. The van der Waals surface area contributed by atoms with Crippen LogP contribution in [0.3, 0.4) is 0 Å². The van der Waals surface area contributed by atoms with Gasteiger partial charge in [0.15, 0.2) is 6.23 Å². The molecule has 98 valence electrons. The van der Waals surface area contributed by atoms with Crippen molar-refractivity contribution in [1.82, 2.24) is 9.55 Å². The number of hydrogen-bond acceptors (Lipinski definition) is 6. The summed E-state index contributed by atoms with van der Waals surface area (Å²) in [6.07, 6.45) is 7.61. The van der Waals surface area contributed by atoms with Gasteiger partial charge in [-0.25, -0.2) is 4.79 Å². The maximum Gasteiger partial charge on any atom is 0.351 e. The van der Waals surface area contributed by atoms with Crippen LogP contribution in [0.5, 0.6) is 0 Å². The molecule has 2 rings (SSSR count). The molecule has 0 radical (unpaired) electrons. The summed E-state index contributed by atoms with van der Waals surface area (Å²) >= 11 is 0. The first-order chi connectivity index (χ1) is 8.61. The number of nitrogens with two attached hydrogens (primary N) is 1. The zero-order valence-electron chi connectivity index (χ0n) is 9.64. The number of rotatable bonds is 2. The lowest BCUT2D eigenvalue weighted by Gasteiger charge is -2.16. The van der Waals surface area contributed by atoms with Crippen molar-refractivity contribution < 1.29 is 14.9 Å². The highest BCUT2D eigenvalue weighted by Gasteiger charge is 2.35. The Morgan fingerprint density at radius 2 is 2.28 bits per heavy atom. The highest BCUT2D eigenvalue weighted by atomic mass is 16.5. The Morgan fingerprint density at radius 3 is 2.78 bits per heavy atom. The molecule has 1 aliphatic rings. The molecule has 1 aliphatic heterocycles. The Morgan fingerprint density at radius 1 is 1.61 bits per heavy atom. The quantitative estimate of drug-likeness (QED) is 0.566. The van der Waals surface area contributed by atoms with E-state index in [1.54, 1.807) is 0 Å². The first-order valence-corrected chi connectivity index (χ1v) is 5.24. The second kappa shape index (κ2) is 6.16. The Labute approximate surface area is 104 Å². The molecule has 18 heavy (non-hydrogen) atoms. The van der Waals surface area contributed by atoms with Gasteiger partial charge in [-0.2, -0.15) is 4.98 Å². The molecule has 7 nitrogen and oxygen atoms in total. The molecule has 3 unspecified atom stereocenters. The van der Waals surface area contributed by atoms with E-state index in [0.717, 1.165) is 4.57 Å². The van der Waals surface area contributed by atoms with Gasteiger partial charge < -0.3 is 20.7 Å². The van der Waals surface area contributed by atoms with E-state index < -0.39 is 24.1 Å². The van der Waals surface area contributed by atoms with Crippen LogP contribution in [0.4, 0.5) is 5.82 Å². The molecule has 1 aromatic heterocycles. The largest absolute Gasteiger partial charge is 0.394 e. The van der Waals surface area contributed by atoms with Gasteiger partial charge in [0.25, 0.3) is 0 Å². The second-order valence-corrected chi connectivity index (χ2v) is 3.68. The maximum absolute atomic E-state index is 11.5. The molecule has 0 aromatic carbocycles. The van der Waals surface area contributed by atoms with Crippen molar-refractivity contribution in [2.24, 2.45) is 0 Å². The molecule has 0 aliphatic carbocycles. The first-order valence-electron chi connectivity index (χ1n) is 5.24. The van der Waals surface area contributed by atoms with Gasteiger partial charge in [0.05, 0.1) is 12.7 Å². The Balaban J connectivity index is 0.000000771. The van der Waals surface area contributed by atoms with E-state index in [0.29, 0.717) is 0 Å². The third-order valence-electron chi connectivity index (χ3n) is 2.49. The summed E-state index contributed by atoms with van der Waals surface area (Å²) in [6.45, 7) is -0.190. The van der Waals surface area contributed by atoms with Crippen LogP contribution in [-0.2, 0) is 4.74 Å². The summed E-state index contributed by atoms with van der Waals surface area (Å²) in [5, 5.41) is 18.6. The third-order valence-corrected chi connectivity index (χ3v) is 2.49. The molecule has 0 bridgehead atoms. The standard InChI is InChI=1S/C9H13N3O4.C2H2/c10-7-1-2-12(9(15)11-7)8-6(14)3-5(4-13)16-8;1-2/h1-2,5-6,8,13-14H,3-4H2,(H2,10,11,15);1-2H. The third kappa shape index (κ3) is 2.87. The summed E-state index contributed by atoms with van der Waals surface area (Å²) in [5.74, 6) is 0.118. The fraction of sp³-hybridized carbons (Fsp3) is 0.455. The summed E-state index contributed by atoms with van der Waals surface area (Å²) in [7, 11) is 0. The minimum Gasteiger partial charge on any atom is -0.394 e. The van der Waals surface area contributed by atoms with E-state index in [4.69, 9.17) is 15.6 Å². The number of aliphatic hydroxyl groups is 2. The van der Waals surface area contributed by atoms with Crippen molar-refractivity contribution in [3.8, 4) is 12.8 Å². The van der Waals surface area contributed by atoms with Crippen molar-refractivity contribution in [3.63, 3.8) is 0 Å². The van der Waals surface area contributed by atoms with Crippen LogP contribution in [0.1, 0.15) is 12.6 Å². The van der Waals surface area contributed by atoms with E-state index in [9.17, 15) is 9.90 Å². The molecule has 2 heterocycles. The van der Waals surface area contributed by atoms with Crippen molar-refractivity contribution in [3.05, 3.63) is 22.7 Å². The lowest BCUT2D eigenvalue weighted by atomic mass is 10.2. The van der Waals surface area contributed by atoms with Gasteiger partial charge in [-0.15, -0.1) is 12.8 Å². The molecule has 1 saturated heterocycles. The minimum atomic E-state index is -0.833. The summed E-state index contributed by atoms with van der Waals surface area (Å²) in [6, 6.07) is 1.45. The van der Waals surface area contributed by atoms with Crippen molar-refractivity contribution in [1.29, 1.82) is 0 Å². The van der Waals surface area contributed by atoms with Crippen molar-refractivity contribution in [2.75, 3.05) is 12.3 Å². The molecule has 4 N–H and O–H groups in total. The average Bonchev–Trinajstić information content (AvgIpc) is 2.73. The molecular formula is C11H15N3O4. The number of nitrogen functional groups attached to an aromatic ring is 1. The second-order valence-electron chi connectivity index (χ2n) is 3.68. The lowest BCUT2D eigenvalue weighted by Crippen LogP contribution is -2.31. The molecule has 0 saturated carbocycles. The molecule has 1 aromatic rings. The molecule has 0 amide bonds. The van der Waals surface area contributed by atoms with Crippen LogP contribution in [0, 0.1) is 12.8 Å². The smallest absolute Gasteiger partial charge is 0.351 e. The summed E-state index contributed by atoms with van der Waals surface area (Å²) < 4.78 is 6.48. The zero-order valence-corrected chi connectivity index (χ0v) is 9.64. The monoisotopic (exact) mass is 253 g/mol. The lowest BCUT2D eigenvalue weighted by molar-refractivity contribution is -0.0529. The van der Waals surface area contributed by atoms with Crippen LogP contribution in [-0.4, -0.2) is 38.6 Å². The highest BCUT2D eigenvalue weighted by Crippen LogP contribution is 2.27. The number of terminal acetylenes is 1. The molecule has 3 atom stereocenters. The van der Waals surface area contributed by atoms with Crippen LogP contribution >= 0.6 is 0 Å². The van der Waals surface area contributed by atoms with E-state index >= 15 is 0 Å². The fourth-order valence-electron chi connectivity index (χ4n) is 1.72. The number of aromatic nitrogens is 2. The van der Waals surface area contributed by atoms with Crippen molar-refractivity contribution >= 4 is 5.82 Å². The predicted octanol–water partition coefficient (Wildman–Crippen LogP) is -1.28. The summed E-state index contributed by atoms with van der Waals surface area (Å²) in [5.41, 5.74) is 4.77. The SMILES string of the molecule is C#C.Nc1ccn(C2OC(CO)CC2O)c(=O)n1. The number of anilines is 1. The molecular weight excluding hydrogens is 238 g/mol. The number of hydrogen-bond donors (Lipinski definition) is 3. The van der Waals surface area contributed by atoms with Gasteiger partial charge >= 0.3 is 5.69 Å². The fourth-order valence-corrected chi connectivity index (χ4v) is 1.72. The van der Waals surface area contributed by atoms with Crippen LogP contribution in [0.25, 0.3) is 0 Å². The molecule has 1 fully saturated rings. The normalized spacial score (nSPS) is 26.3. The van der Waals surface area contributed by atoms with Crippen LogP contribution in [0.2, 0.25) is 0 Å². The number of aliphatic hydroxyl groups excluding tert-OH is 2.